The Kier molecular flexibility index (Phi) is 4.90. The monoisotopic (exact) mass is 476 g/mol. The van der Waals surface area contributed by atoms with Crippen LogP contribution < -0.4 is 5.56 Å². The molecule has 2 aromatic carbocycles. The molecule has 0 bridgehead atoms. The first-order valence-electron chi connectivity index (χ1n) is 9.79. The number of hydrogen-bond acceptors (Lipinski definition) is 3. The van der Waals surface area contributed by atoms with Crippen molar-refractivity contribution in [3.8, 4) is 11.1 Å². The fourth-order valence-corrected chi connectivity index (χ4v) is 4.38. The summed E-state index contributed by atoms with van der Waals surface area (Å²) in [6.45, 7) is 0.947. The summed E-state index contributed by atoms with van der Waals surface area (Å²) >= 11 is 3.29. The van der Waals surface area contributed by atoms with Crippen LogP contribution in [0.25, 0.3) is 11.1 Å². The van der Waals surface area contributed by atoms with Gasteiger partial charge in [0.15, 0.2) is 0 Å². The van der Waals surface area contributed by atoms with Gasteiger partial charge in [-0.05, 0) is 52.6 Å². The van der Waals surface area contributed by atoms with Gasteiger partial charge in [0.05, 0.1) is 25.0 Å². The van der Waals surface area contributed by atoms with Crippen molar-refractivity contribution in [3.63, 3.8) is 0 Å². The Morgan fingerprint density at radius 3 is 2.65 bits per heavy atom. The Bertz CT molecular complexity index is 1380. The quantitative estimate of drug-likeness (QED) is 0.433. The predicted molar refractivity (Wildman–Crippen MR) is 122 cm³/mol. The molecule has 0 N–H and O–H groups in total. The number of aromatic nitrogens is 3. The first-order valence-corrected chi connectivity index (χ1v) is 10.6. The second-order valence-corrected chi connectivity index (χ2v) is 8.51. The van der Waals surface area contributed by atoms with Crippen molar-refractivity contribution < 1.29 is 4.39 Å². The zero-order chi connectivity index (χ0) is 21.5. The third kappa shape index (κ3) is 3.88. The van der Waals surface area contributed by atoms with E-state index in [0.717, 1.165) is 39.1 Å². The maximum absolute atomic E-state index is 13.6. The van der Waals surface area contributed by atoms with E-state index in [-0.39, 0.29) is 11.4 Å². The summed E-state index contributed by atoms with van der Waals surface area (Å²) in [5.74, 6) is -0.335. The number of fused-ring (bicyclic) bond motifs is 1. The van der Waals surface area contributed by atoms with Gasteiger partial charge in [-0.1, -0.05) is 28.1 Å². The van der Waals surface area contributed by atoms with E-state index in [4.69, 9.17) is 0 Å². The van der Waals surface area contributed by atoms with Gasteiger partial charge < -0.3 is 4.57 Å². The molecule has 0 aliphatic carbocycles. The standard InChI is InChI=1S/C24H18BrFN4O/c1-29-14-19(12-28-29)24-22-8-16(2-3-18(22)11-27-24)17-4-5-30(23(31)9-17)13-15-6-20(25)10-21(26)7-15/h2-10,12,14H,11,13H2,1H3. The second kappa shape index (κ2) is 7.74. The minimum absolute atomic E-state index is 0.139. The molecule has 2 aromatic heterocycles. The van der Waals surface area contributed by atoms with E-state index >= 15 is 0 Å². The highest BCUT2D eigenvalue weighted by Gasteiger charge is 2.19. The van der Waals surface area contributed by atoms with E-state index < -0.39 is 0 Å². The van der Waals surface area contributed by atoms with E-state index in [1.54, 1.807) is 21.5 Å². The van der Waals surface area contributed by atoms with Crippen molar-refractivity contribution in [2.24, 2.45) is 12.0 Å². The lowest BCUT2D eigenvalue weighted by atomic mass is 9.97. The summed E-state index contributed by atoms with van der Waals surface area (Å²) in [7, 11) is 1.88. The number of hydrogen-bond donors (Lipinski definition) is 0. The van der Waals surface area contributed by atoms with Gasteiger partial charge in [-0.2, -0.15) is 5.10 Å². The van der Waals surface area contributed by atoms with Crippen LogP contribution in [0.15, 0.2) is 81.4 Å². The molecule has 31 heavy (non-hydrogen) atoms. The summed E-state index contributed by atoms with van der Waals surface area (Å²) in [4.78, 5) is 17.4. The van der Waals surface area contributed by atoms with Crippen LogP contribution in [0.2, 0.25) is 0 Å². The van der Waals surface area contributed by atoms with E-state index in [1.165, 1.54) is 12.1 Å². The lowest BCUT2D eigenvalue weighted by Gasteiger charge is -2.10. The van der Waals surface area contributed by atoms with Crippen molar-refractivity contribution >= 4 is 21.6 Å². The molecule has 5 rings (SSSR count). The SMILES string of the molecule is Cn1cc(C2=NCc3ccc(-c4ccn(Cc5cc(F)cc(Br)c5)c(=O)c4)cc32)cn1. The number of pyridine rings is 1. The molecule has 5 nitrogen and oxygen atoms in total. The van der Waals surface area contributed by atoms with Crippen LogP contribution in [0.1, 0.15) is 22.3 Å². The minimum atomic E-state index is -0.335. The Balaban J connectivity index is 1.46. The fraction of sp³-hybridized carbons (Fsp3) is 0.125. The third-order valence-corrected chi connectivity index (χ3v) is 5.81. The summed E-state index contributed by atoms with van der Waals surface area (Å²) < 4.78 is 17.6. The molecule has 3 heterocycles. The van der Waals surface area contributed by atoms with Crippen LogP contribution >= 0.6 is 15.9 Å². The number of nitrogens with zero attached hydrogens (tertiary/aromatic N) is 4. The Hall–Kier alpha value is -3.32. The van der Waals surface area contributed by atoms with Crippen molar-refractivity contribution in [1.29, 1.82) is 0 Å². The molecule has 0 atom stereocenters. The highest BCUT2D eigenvalue weighted by Crippen LogP contribution is 2.28. The molecule has 154 valence electrons. The molecule has 1 aliphatic heterocycles. The first kappa shape index (κ1) is 19.6. The van der Waals surface area contributed by atoms with E-state index in [0.29, 0.717) is 17.6 Å². The largest absolute Gasteiger partial charge is 0.311 e. The molecule has 0 amide bonds. The molecule has 0 saturated heterocycles. The molecule has 0 fully saturated rings. The number of rotatable bonds is 4. The Morgan fingerprint density at radius 2 is 1.90 bits per heavy atom. The van der Waals surface area contributed by atoms with E-state index in [2.05, 4.69) is 38.2 Å². The molecule has 1 aliphatic rings. The maximum Gasteiger partial charge on any atom is 0.251 e. The smallest absolute Gasteiger partial charge is 0.251 e. The van der Waals surface area contributed by atoms with Crippen molar-refractivity contribution in [3.05, 3.63) is 110 Å². The van der Waals surface area contributed by atoms with Gasteiger partial charge in [0, 0.05) is 41.1 Å². The molecule has 7 heteroatoms. The Morgan fingerprint density at radius 1 is 1.06 bits per heavy atom. The average Bonchev–Trinajstić information content (AvgIpc) is 3.34. The number of aliphatic imine (C=N–C) groups is 1. The first-order chi connectivity index (χ1) is 15.0. The predicted octanol–water partition coefficient (Wildman–Crippen LogP) is 4.55. The van der Waals surface area contributed by atoms with Crippen molar-refractivity contribution in [2.45, 2.75) is 13.1 Å². The average molecular weight is 477 g/mol. The van der Waals surface area contributed by atoms with Gasteiger partial charge >= 0.3 is 0 Å². The van der Waals surface area contributed by atoms with Gasteiger partial charge in [-0.15, -0.1) is 0 Å². The van der Waals surface area contributed by atoms with Gasteiger partial charge in [-0.3, -0.25) is 14.5 Å². The van der Waals surface area contributed by atoms with Crippen LogP contribution in [0.5, 0.6) is 0 Å². The summed E-state index contributed by atoms with van der Waals surface area (Å²) in [6, 6.07) is 14.3. The van der Waals surface area contributed by atoms with Gasteiger partial charge in [0.25, 0.3) is 5.56 Å². The van der Waals surface area contributed by atoms with Crippen LogP contribution in [0.4, 0.5) is 4.39 Å². The number of halogens is 2. The van der Waals surface area contributed by atoms with Crippen LogP contribution in [-0.2, 0) is 20.1 Å². The van der Waals surface area contributed by atoms with Crippen LogP contribution in [0, 0.1) is 5.82 Å². The van der Waals surface area contributed by atoms with Crippen LogP contribution in [-0.4, -0.2) is 20.1 Å². The van der Waals surface area contributed by atoms with Gasteiger partial charge in [-0.25, -0.2) is 4.39 Å². The number of aryl methyl sites for hydroxylation is 1. The number of benzene rings is 2. The van der Waals surface area contributed by atoms with E-state index in [9.17, 15) is 9.18 Å². The molecular weight excluding hydrogens is 459 g/mol. The summed E-state index contributed by atoms with van der Waals surface area (Å²) in [5.41, 5.74) is 6.50. The zero-order valence-corrected chi connectivity index (χ0v) is 18.3. The molecule has 4 aromatic rings. The fourth-order valence-electron chi connectivity index (χ4n) is 3.87. The van der Waals surface area contributed by atoms with Gasteiger partial charge in [0.2, 0.25) is 0 Å². The molecule has 0 radical (unpaired) electrons. The highest BCUT2D eigenvalue weighted by atomic mass is 79.9. The van der Waals surface area contributed by atoms with Crippen molar-refractivity contribution in [2.75, 3.05) is 0 Å². The van der Waals surface area contributed by atoms with E-state index in [1.807, 2.05) is 37.6 Å². The highest BCUT2D eigenvalue weighted by molar-refractivity contribution is 9.10. The Labute approximate surface area is 186 Å². The van der Waals surface area contributed by atoms with Gasteiger partial charge in [0.1, 0.15) is 5.82 Å². The maximum atomic E-state index is 13.6. The molecular formula is C24H18BrFN4O. The zero-order valence-electron chi connectivity index (χ0n) is 16.7. The molecule has 0 saturated carbocycles. The summed E-state index contributed by atoms with van der Waals surface area (Å²) in [6.07, 6.45) is 5.51. The molecule has 0 unspecified atom stereocenters. The second-order valence-electron chi connectivity index (χ2n) is 7.60. The third-order valence-electron chi connectivity index (χ3n) is 5.36. The molecule has 0 spiro atoms. The van der Waals surface area contributed by atoms with Crippen molar-refractivity contribution in [1.82, 2.24) is 14.3 Å². The van der Waals surface area contributed by atoms with Crippen LogP contribution in [0.3, 0.4) is 0 Å². The summed E-state index contributed by atoms with van der Waals surface area (Å²) in [5, 5.41) is 4.25. The minimum Gasteiger partial charge on any atom is -0.311 e. The lowest BCUT2D eigenvalue weighted by Crippen LogP contribution is -2.19. The normalized spacial score (nSPS) is 12.7. The lowest BCUT2D eigenvalue weighted by molar-refractivity contribution is 0.621. The topological polar surface area (TPSA) is 52.2 Å².